The molecular weight excluding hydrogens is 293 g/mol. The first-order chi connectivity index (χ1) is 7.56. The molecule has 1 rings (SSSR count). The fraction of sp³-hybridized carbons (Fsp3) is 0.273. The Morgan fingerprint density at radius 2 is 2.31 bits per heavy atom. The van der Waals surface area contributed by atoms with Crippen LogP contribution in [-0.4, -0.2) is 11.1 Å². The highest BCUT2D eigenvalue weighted by molar-refractivity contribution is 9.10. The molecule has 0 fully saturated rings. The van der Waals surface area contributed by atoms with E-state index in [2.05, 4.69) is 15.9 Å². The third-order valence-corrected chi connectivity index (χ3v) is 3.00. The summed E-state index contributed by atoms with van der Waals surface area (Å²) >= 11 is 9.22. The van der Waals surface area contributed by atoms with Gasteiger partial charge in [0, 0.05) is 15.9 Å². The van der Waals surface area contributed by atoms with E-state index in [0.29, 0.717) is 10.6 Å². The molecule has 0 bridgehead atoms. The van der Waals surface area contributed by atoms with Crippen LogP contribution in [-0.2, 0) is 4.79 Å². The molecule has 0 aliphatic carbocycles. The minimum Gasteiger partial charge on any atom is -0.481 e. The number of benzene rings is 1. The third-order valence-electron chi connectivity index (χ3n) is 2.18. The fourth-order valence-electron chi connectivity index (χ4n) is 1.40. The second-order valence-corrected chi connectivity index (χ2v) is 4.58. The van der Waals surface area contributed by atoms with Crippen LogP contribution in [0.15, 0.2) is 22.7 Å². The summed E-state index contributed by atoms with van der Waals surface area (Å²) in [5.74, 6) is -1.68. The normalized spacial score (nSPS) is 11.8. The van der Waals surface area contributed by atoms with Gasteiger partial charge in [0.25, 0.3) is 0 Å². The van der Waals surface area contributed by atoms with Crippen molar-refractivity contribution in [1.82, 2.24) is 0 Å². The zero-order valence-electron chi connectivity index (χ0n) is 8.28. The number of carboxylic acids is 1. The van der Waals surface area contributed by atoms with E-state index in [4.69, 9.17) is 22.0 Å². The zero-order chi connectivity index (χ0) is 12.1. The number of rotatable bonds is 4. The van der Waals surface area contributed by atoms with E-state index in [0.717, 1.165) is 4.47 Å². The SMILES string of the molecule is N#CCCC(C(=O)O)c1ccc(Br)cc1Cl. The second-order valence-electron chi connectivity index (χ2n) is 3.25. The molecule has 1 N–H and O–H groups in total. The molecule has 0 spiro atoms. The lowest BCUT2D eigenvalue weighted by Crippen LogP contribution is -2.12. The van der Waals surface area contributed by atoms with Gasteiger partial charge in [-0.25, -0.2) is 0 Å². The van der Waals surface area contributed by atoms with Crippen LogP contribution in [0.5, 0.6) is 0 Å². The van der Waals surface area contributed by atoms with Crippen LogP contribution in [0, 0.1) is 11.3 Å². The van der Waals surface area contributed by atoms with Gasteiger partial charge in [0.2, 0.25) is 0 Å². The molecule has 1 unspecified atom stereocenters. The van der Waals surface area contributed by atoms with Crippen molar-refractivity contribution in [2.75, 3.05) is 0 Å². The Bertz CT molecular complexity index is 442. The van der Waals surface area contributed by atoms with Gasteiger partial charge in [0.05, 0.1) is 12.0 Å². The average Bonchev–Trinajstić information content (AvgIpc) is 2.20. The Kier molecular flexibility index (Phi) is 4.78. The smallest absolute Gasteiger partial charge is 0.311 e. The molecule has 5 heteroatoms. The van der Waals surface area contributed by atoms with Crippen molar-refractivity contribution in [2.45, 2.75) is 18.8 Å². The van der Waals surface area contributed by atoms with E-state index in [1.807, 2.05) is 6.07 Å². The Morgan fingerprint density at radius 3 is 2.81 bits per heavy atom. The number of halogens is 2. The van der Waals surface area contributed by atoms with E-state index in [1.165, 1.54) is 0 Å². The van der Waals surface area contributed by atoms with Crippen LogP contribution in [0.25, 0.3) is 0 Å². The van der Waals surface area contributed by atoms with Crippen LogP contribution >= 0.6 is 27.5 Å². The van der Waals surface area contributed by atoms with E-state index in [-0.39, 0.29) is 12.8 Å². The lowest BCUT2D eigenvalue weighted by Gasteiger charge is -2.12. The first kappa shape index (κ1) is 13.0. The summed E-state index contributed by atoms with van der Waals surface area (Å²) in [4.78, 5) is 11.1. The Labute approximate surface area is 107 Å². The topological polar surface area (TPSA) is 61.1 Å². The van der Waals surface area contributed by atoms with E-state index >= 15 is 0 Å². The van der Waals surface area contributed by atoms with Crippen LogP contribution in [0.2, 0.25) is 5.02 Å². The molecule has 0 saturated heterocycles. The fourth-order valence-corrected chi connectivity index (χ4v) is 2.21. The maximum atomic E-state index is 11.1. The van der Waals surface area contributed by atoms with Crippen LogP contribution in [0.3, 0.4) is 0 Å². The molecule has 0 heterocycles. The summed E-state index contributed by atoms with van der Waals surface area (Å²) in [7, 11) is 0. The minimum absolute atomic E-state index is 0.198. The highest BCUT2D eigenvalue weighted by Gasteiger charge is 2.21. The van der Waals surface area contributed by atoms with Crippen molar-refractivity contribution in [3.05, 3.63) is 33.3 Å². The molecule has 0 aromatic heterocycles. The van der Waals surface area contributed by atoms with Crippen LogP contribution in [0.4, 0.5) is 0 Å². The number of hydrogen-bond donors (Lipinski definition) is 1. The lowest BCUT2D eigenvalue weighted by atomic mass is 9.94. The molecule has 0 saturated carbocycles. The Morgan fingerprint density at radius 1 is 1.62 bits per heavy atom. The molecule has 16 heavy (non-hydrogen) atoms. The molecule has 84 valence electrons. The summed E-state index contributed by atoms with van der Waals surface area (Å²) in [6, 6.07) is 7.00. The predicted octanol–water partition coefficient (Wildman–Crippen LogP) is 3.57. The molecule has 0 aliphatic heterocycles. The first-order valence-electron chi connectivity index (χ1n) is 4.61. The zero-order valence-corrected chi connectivity index (χ0v) is 10.6. The van der Waals surface area contributed by atoms with Crippen LogP contribution < -0.4 is 0 Å². The van der Waals surface area contributed by atoms with Gasteiger partial charge < -0.3 is 5.11 Å². The summed E-state index contributed by atoms with van der Waals surface area (Å²) in [5, 5.41) is 17.9. The maximum Gasteiger partial charge on any atom is 0.311 e. The van der Waals surface area contributed by atoms with Crippen molar-refractivity contribution in [2.24, 2.45) is 0 Å². The minimum atomic E-state index is -0.959. The number of carboxylic acid groups (broad SMARTS) is 1. The molecule has 1 aromatic rings. The summed E-state index contributed by atoms with van der Waals surface area (Å²) in [5.41, 5.74) is 0.549. The summed E-state index contributed by atoms with van der Waals surface area (Å²) in [6.45, 7) is 0. The van der Waals surface area contributed by atoms with Gasteiger partial charge in [0.15, 0.2) is 0 Å². The third kappa shape index (κ3) is 3.22. The maximum absolute atomic E-state index is 11.1. The molecule has 0 radical (unpaired) electrons. The molecule has 0 amide bonds. The van der Waals surface area contributed by atoms with Crippen molar-refractivity contribution in [3.8, 4) is 6.07 Å². The van der Waals surface area contributed by atoms with Crippen molar-refractivity contribution < 1.29 is 9.90 Å². The van der Waals surface area contributed by atoms with Gasteiger partial charge in [0.1, 0.15) is 0 Å². The largest absolute Gasteiger partial charge is 0.481 e. The number of carbonyl (C=O) groups is 1. The van der Waals surface area contributed by atoms with Crippen molar-refractivity contribution in [1.29, 1.82) is 5.26 Å². The van der Waals surface area contributed by atoms with Gasteiger partial charge in [-0.05, 0) is 24.1 Å². The van der Waals surface area contributed by atoms with Crippen LogP contribution in [0.1, 0.15) is 24.3 Å². The quantitative estimate of drug-likeness (QED) is 0.924. The number of nitriles is 1. The van der Waals surface area contributed by atoms with Gasteiger partial charge >= 0.3 is 5.97 Å². The molecule has 1 atom stereocenters. The van der Waals surface area contributed by atoms with E-state index in [9.17, 15) is 4.79 Å². The van der Waals surface area contributed by atoms with E-state index < -0.39 is 11.9 Å². The molecular formula is C11H9BrClNO2. The van der Waals surface area contributed by atoms with Crippen molar-refractivity contribution >= 4 is 33.5 Å². The number of aliphatic carboxylic acids is 1. The lowest BCUT2D eigenvalue weighted by molar-refractivity contribution is -0.138. The average molecular weight is 303 g/mol. The van der Waals surface area contributed by atoms with E-state index in [1.54, 1.807) is 18.2 Å². The monoisotopic (exact) mass is 301 g/mol. The second kappa shape index (κ2) is 5.88. The molecule has 0 aliphatic rings. The Balaban J connectivity index is 3.02. The Hall–Kier alpha value is -1.05. The summed E-state index contributed by atoms with van der Waals surface area (Å²) < 4.78 is 0.797. The molecule has 3 nitrogen and oxygen atoms in total. The van der Waals surface area contributed by atoms with Gasteiger partial charge in [-0.15, -0.1) is 0 Å². The van der Waals surface area contributed by atoms with Gasteiger partial charge in [-0.3, -0.25) is 4.79 Å². The van der Waals surface area contributed by atoms with Crippen molar-refractivity contribution in [3.63, 3.8) is 0 Å². The molecule has 1 aromatic carbocycles. The summed E-state index contributed by atoms with van der Waals surface area (Å²) in [6.07, 6.45) is 0.469. The number of nitrogens with zero attached hydrogens (tertiary/aromatic N) is 1. The standard InChI is InChI=1S/C11H9BrClNO2/c12-7-3-4-8(10(13)6-7)9(11(15)16)2-1-5-14/h3-4,6,9H,1-2H2,(H,15,16). The number of hydrogen-bond acceptors (Lipinski definition) is 2. The first-order valence-corrected chi connectivity index (χ1v) is 5.78. The van der Waals surface area contributed by atoms with Gasteiger partial charge in [-0.2, -0.15) is 5.26 Å². The van der Waals surface area contributed by atoms with Gasteiger partial charge in [-0.1, -0.05) is 33.6 Å². The highest BCUT2D eigenvalue weighted by Crippen LogP contribution is 2.30. The predicted molar refractivity (Wildman–Crippen MR) is 64.4 cm³/mol. The highest BCUT2D eigenvalue weighted by atomic mass is 79.9.